The van der Waals surface area contributed by atoms with Gasteiger partial charge in [-0.15, -0.1) is 22.7 Å². The van der Waals surface area contributed by atoms with Crippen molar-refractivity contribution in [3.8, 4) is 22.3 Å². The zero-order valence-electron chi connectivity index (χ0n) is 22.1. The van der Waals surface area contributed by atoms with Gasteiger partial charge in [0.15, 0.2) is 0 Å². The fraction of sp³-hybridized carbons (Fsp3) is 0. The monoisotopic (exact) mass is 794 g/mol. The summed E-state index contributed by atoms with van der Waals surface area (Å²) in [5, 5.41) is 10.9. The molecule has 0 fully saturated rings. The van der Waals surface area contributed by atoms with E-state index in [4.69, 9.17) is 0 Å². The molecule has 0 aliphatic rings. The summed E-state index contributed by atoms with van der Waals surface area (Å²) in [6.45, 7) is 0. The van der Waals surface area contributed by atoms with Crippen molar-refractivity contribution in [1.82, 2.24) is 0 Å². The Hall–Kier alpha value is -3.04. The van der Waals surface area contributed by atoms with Crippen LogP contribution in [-0.2, 0) is 0 Å². The number of hydrogen-bond donors (Lipinski definition) is 0. The molecule has 0 aliphatic carbocycles. The number of hydrogen-bond acceptors (Lipinski definition) is 2. The molecule has 0 bridgehead atoms. The molecule has 0 aliphatic heterocycles. The second-order valence-corrected chi connectivity index (χ2v) is 15.2. The number of rotatable bonds is 2. The van der Waals surface area contributed by atoms with Crippen LogP contribution in [0.5, 0.6) is 0 Å². The third kappa shape index (κ3) is 3.75. The lowest BCUT2D eigenvalue weighted by atomic mass is 9.90. The Bertz CT molecular complexity index is 2370. The highest BCUT2D eigenvalue weighted by molar-refractivity contribution is 14.1. The highest BCUT2D eigenvalue weighted by Crippen LogP contribution is 2.49. The van der Waals surface area contributed by atoms with Crippen molar-refractivity contribution in [3.05, 3.63) is 128 Å². The highest BCUT2D eigenvalue weighted by Gasteiger charge is 2.19. The van der Waals surface area contributed by atoms with Crippen molar-refractivity contribution in [2.45, 2.75) is 0 Å². The van der Waals surface area contributed by atoms with Gasteiger partial charge in [-0.05, 0) is 127 Å². The Morgan fingerprint density at radius 1 is 0.357 bits per heavy atom. The lowest BCUT2D eigenvalue weighted by Gasteiger charge is -2.18. The van der Waals surface area contributed by atoms with Gasteiger partial charge in [-0.25, -0.2) is 0 Å². The van der Waals surface area contributed by atoms with Gasteiger partial charge in [-0.3, -0.25) is 0 Å². The van der Waals surface area contributed by atoms with Gasteiger partial charge in [0.2, 0.25) is 0 Å². The minimum atomic E-state index is 1.27. The molecule has 0 unspecified atom stereocenters. The molecule has 7 aromatic carbocycles. The van der Waals surface area contributed by atoms with Gasteiger partial charge in [0.25, 0.3) is 0 Å². The molecular formula is C38H20I2S2. The molecule has 0 nitrogen and oxygen atoms in total. The SMILES string of the molecule is Ic1ccccc1-c1ccc2sc3cccc4c3c(c2c1)c1cccc2sc3ccc(-c5ccccc5I)cc3c4c21. The molecule has 0 saturated carbocycles. The van der Waals surface area contributed by atoms with Crippen LogP contribution in [0.4, 0.5) is 0 Å². The van der Waals surface area contributed by atoms with Crippen molar-refractivity contribution in [3.63, 3.8) is 0 Å². The minimum Gasteiger partial charge on any atom is -0.135 e. The predicted molar refractivity (Wildman–Crippen MR) is 204 cm³/mol. The average molecular weight is 795 g/mol. The summed E-state index contributed by atoms with van der Waals surface area (Å²) in [5.74, 6) is 0. The van der Waals surface area contributed by atoms with Gasteiger partial charge in [0, 0.05) is 58.3 Å². The first-order chi connectivity index (χ1) is 20.7. The molecule has 2 aromatic heterocycles. The molecule has 2 heterocycles. The molecule has 9 aromatic rings. The summed E-state index contributed by atoms with van der Waals surface area (Å²) in [4.78, 5) is 0. The molecule has 0 atom stereocenters. The number of benzene rings is 7. The molecule has 42 heavy (non-hydrogen) atoms. The first-order valence-corrected chi connectivity index (χ1v) is 17.6. The third-order valence-corrected chi connectivity index (χ3v) is 12.6. The van der Waals surface area contributed by atoms with Gasteiger partial charge in [-0.1, -0.05) is 72.8 Å². The van der Waals surface area contributed by atoms with Crippen molar-refractivity contribution in [2.75, 3.05) is 0 Å². The summed E-state index contributed by atoms with van der Waals surface area (Å²) in [6.07, 6.45) is 0. The van der Waals surface area contributed by atoms with E-state index in [1.165, 1.54) is 91.3 Å². The standard InChI is InChI=1S/C38H20I2S2/c39-29-11-3-1-7-23(29)21-15-17-31-27(19-21)35-25-9-5-14-34-38(25)36(26-10-6-13-33(41-31)37(26)35)28-20-22(16-18-32(28)42-34)24-8-2-4-12-30(24)40/h1-20H. The van der Waals surface area contributed by atoms with Crippen LogP contribution in [-0.4, -0.2) is 0 Å². The van der Waals surface area contributed by atoms with E-state index in [0.717, 1.165) is 0 Å². The van der Waals surface area contributed by atoms with E-state index in [2.05, 4.69) is 167 Å². The Balaban J connectivity index is 1.49. The molecule has 0 spiro atoms. The Morgan fingerprint density at radius 3 is 1.26 bits per heavy atom. The lowest BCUT2D eigenvalue weighted by Crippen LogP contribution is -1.90. The Labute approximate surface area is 277 Å². The van der Waals surface area contributed by atoms with E-state index in [-0.39, 0.29) is 0 Å². The van der Waals surface area contributed by atoms with E-state index in [9.17, 15) is 0 Å². The Kier molecular flexibility index (Phi) is 5.90. The smallest absolute Gasteiger partial charge is 0.0361 e. The van der Waals surface area contributed by atoms with E-state index in [1.807, 2.05) is 22.7 Å². The second kappa shape index (κ2) is 9.74. The number of fused-ring (bicyclic) bond motifs is 6. The topological polar surface area (TPSA) is 0 Å². The fourth-order valence-electron chi connectivity index (χ4n) is 6.58. The number of halogens is 2. The zero-order chi connectivity index (χ0) is 27.9. The van der Waals surface area contributed by atoms with Gasteiger partial charge >= 0.3 is 0 Å². The highest BCUT2D eigenvalue weighted by atomic mass is 127. The van der Waals surface area contributed by atoms with Crippen molar-refractivity contribution < 1.29 is 0 Å². The quantitative estimate of drug-likeness (QED) is 0.0929. The molecule has 0 N–H and O–H groups in total. The average Bonchev–Trinajstić information content (AvgIpc) is 3.02. The minimum absolute atomic E-state index is 1.27. The molecule has 4 heteroatoms. The molecule has 0 radical (unpaired) electrons. The van der Waals surface area contributed by atoms with Gasteiger partial charge in [0.1, 0.15) is 0 Å². The summed E-state index contributed by atoms with van der Waals surface area (Å²) in [6, 6.07) is 45.3. The first kappa shape index (κ1) is 25.5. The van der Waals surface area contributed by atoms with Crippen molar-refractivity contribution in [1.29, 1.82) is 0 Å². The van der Waals surface area contributed by atoms with Crippen LogP contribution in [0.3, 0.4) is 0 Å². The molecular weight excluding hydrogens is 774 g/mol. The van der Waals surface area contributed by atoms with Crippen LogP contribution in [0, 0.1) is 7.14 Å². The molecule has 9 rings (SSSR count). The summed E-state index contributed by atoms with van der Waals surface area (Å²) < 4.78 is 7.89. The van der Waals surface area contributed by atoms with Crippen LogP contribution in [0.2, 0.25) is 0 Å². The maximum atomic E-state index is 2.46. The van der Waals surface area contributed by atoms with Gasteiger partial charge < -0.3 is 0 Å². The van der Waals surface area contributed by atoms with E-state index in [0.29, 0.717) is 0 Å². The van der Waals surface area contributed by atoms with Crippen LogP contribution in [0.25, 0.3) is 84.1 Å². The normalized spacial score (nSPS) is 12.0. The fourth-order valence-corrected chi connectivity index (χ4v) is 10.2. The maximum Gasteiger partial charge on any atom is 0.0361 e. The second-order valence-electron chi connectivity index (χ2n) is 10.7. The van der Waals surface area contributed by atoms with Gasteiger partial charge in [0.05, 0.1) is 0 Å². The van der Waals surface area contributed by atoms with E-state index >= 15 is 0 Å². The summed E-state index contributed by atoms with van der Waals surface area (Å²) in [7, 11) is 0. The van der Waals surface area contributed by atoms with Crippen LogP contribution in [0.15, 0.2) is 121 Å². The van der Waals surface area contributed by atoms with E-state index in [1.54, 1.807) is 0 Å². The Morgan fingerprint density at radius 2 is 0.810 bits per heavy atom. The molecule has 198 valence electrons. The van der Waals surface area contributed by atoms with Crippen molar-refractivity contribution in [2.24, 2.45) is 0 Å². The molecule has 0 saturated heterocycles. The third-order valence-electron chi connectivity index (χ3n) is 8.40. The summed E-state index contributed by atoms with van der Waals surface area (Å²) in [5.41, 5.74) is 5.12. The zero-order valence-corrected chi connectivity index (χ0v) is 28.1. The molecule has 0 amide bonds. The first-order valence-electron chi connectivity index (χ1n) is 13.8. The summed E-state index contributed by atoms with van der Waals surface area (Å²) >= 11 is 8.74. The maximum absolute atomic E-state index is 2.46. The predicted octanol–water partition coefficient (Wildman–Crippen LogP) is 13.3. The van der Waals surface area contributed by atoms with Gasteiger partial charge in [-0.2, -0.15) is 0 Å². The van der Waals surface area contributed by atoms with Crippen LogP contribution < -0.4 is 0 Å². The largest absolute Gasteiger partial charge is 0.135 e. The van der Waals surface area contributed by atoms with Crippen LogP contribution >= 0.6 is 67.9 Å². The van der Waals surface area contributed by atoms with Crippen molar-refractivity contribution >= 4 is 130 Å². The van der Waals surface area contributed by atoms with Crippen LogP contribution in [0.1, 0.15) is 0 Å². The van der Waals surface area contributed by atoms with E-state index < -0.39 is 0 Å². The lowest BCUT2D eigenvalue weighted by molar-refractivity contribution is 1.61.